The Hall–Kier alpha value is -1.07. The number of nitrogens with one attached hydrogen (secondary N) is 1. The second-order valence-electron chi connectivity index (χ2n) is 4.32. The van der Waals surface area contributed by atoms with Crippen LogP contribution in [-0.4, -0.2) is 42.8 Å². The van der Waals surface area contributed by atoms with E-state index in [-0.39, 0.29) is 6.10 Å². The molecule has 1 aliphatic rings. The molecule has 1 N–H and O–H groups in total. The topological polar surface area (TPSA) is 50.3 Å². The predicted octanol–water partition coefficient (Wildman–Crippen LogP) is 2.18. The largest absolute Gasteiger partial charge is 0.376 e. The van der Waals surface area contributed by atoms with Gasteiger partial charge >= 0.3 is 0 Å². The monoisotopic (exact) mass is 270 g/mol. The number of hydrogen-bond donors (Lipinski definition) is 1. The molecular formula is C12H19ClN4O. The van der Waals surface area contributed by atoms with Crippen LogP contribution in [-0.2, 0) is 4.74 Å². The average Bonchev–Trinajstić information content (AvgIpc) is 2.64. The lowest BCUT2D eigenvalue weighted by molar-refractivity contribution is 0.0664. The Labute approximate surface area is 113 Å². The van der Waals surface area contributed by atoms with Gasteiger partial charge in [-0.15, -0.1) is 0 Å². The highest BCUT2D eigenvalue weighted by Crippen LogP contribution is 2.25. The van der Waals surface area contributed by atoms with E-state index in [1.807, 2.05) is 0 Å². The number of rotatable bonds is 3. The fourth-order valence-electron chi connectivity index (χ4n) is 2.03. The molecule has 1 aromatic rings. The summed E-state index contributed by atoms with van der Waals surface area (Å²) in [6, 6.07) is 0. The summed E-state index contributed by atoms with van der Waals surface area (Å²) in [6.45, 7) is 4.68. The SMILES string of the molecule is CCC1CN(c2nc(NC)ncc2Cl)CCCO1. The van der Waals surface area contributed by atoms with Gasteiger partial charge in [-0.05, 0) is 12.8 Å². The van der Waals surface area contributed by atoms with Crippen molar-refractivity contribution in [1.29, 1.82) is 0 Å². The molecule has 6 heteroatoms. The quantitative estimate of drug-likeness (QED) is 0.912. The molecule has 1 unspecified atom stereocenters. The van der Waals surface area contributed by atoms with Crippen molar-refractivity contribution < 1.29 is 4.74 Å². The van der Waals surface area contributed by atoms with E-state index >= 15 is 0 Å². The van der Waals surface area contributed by atoms with E-state index in [1.54, 1.807) is 13.2 Å². The molecule has 1 saturated heterocycles. The molecule has 1 aromatic heterocycles. The third kappa shape index (κ3) is 3.03. The van der Waals surface area contributed by atoms with Gasteiger partial charge in [0.1, 0.15) is 5.02 Å². The van der Waals surface area contributed by atoms with Crippen molar-refractivity contribution in [2.24, 2.45) is 0 Å². The maximum Gasteiger partial charge on any atom is 0.224 e. The second-order valence-corrected chi connectivity index (χ2v) is 4.72. The van der Waals surface area contributed by atoms with Crippen molar-refractivity contribution in [2.75, 3.05) is 37.0 Å². The first-order valence-corrected chi connectivity index (χ1v) is 6.69. The Morgan fingerprint density at radius 2 is 2.44 bits per heavy atom. The first-order valence-electron chi connectivity index (χ1n) is 6.31. The molecule has 1 atom stereocenters. The van der Waals surface area contributed by atoms with E-state index in [1.165, 1.54) is 0 Å². The molecule has 2 rings (SSSR count). The van der Waals surface area contributed by atoms with Crippen LogP contribution >= 0.6 is 11.6 Å². The van der Waals surface area contributed by atoms with Crippen LogP contribution in [0, 0.1) is 0 Å². The van der Waals surface area contributed by atoms with E-state index in [2.05, 4.69) is 27.1 Å². The smallest absolute Gasteiger partial charge is 0.224 e. The van der Waals surface area contributed by atoms with Gasteiger partial charge in [0.25, 0.3) is 0 Å². The highest BCUT2D eigenvalue weighted by molar-refractivity contribution is 6.32. The van der Waals surface area contributed by atoms with Crippen molar-refractivity contribution >= 4 is 23.4 Å². The second kappa shape index (κ2) is 6.20. The minimum atomic E-state index is 0.247. The zero-order chi connectivity index (χ0) is 13.0. The Morgan fingerprint density at radius 3 is 3.17 bits per heavy atom. The standard InChI is InChI=1S/C12H19ClN4O/c1-3-9-8-17(5-4-6-18-9)11-10(13)7-15-12(14-2)16-11/h7,9H,3-6,8H2,1-2H3,(H,14,15,16). The first kappa shape index (κ1) is 13.4. The fourth-order valence-corrected chi connectivity index (χ4v) is 2.25. The molecule has 5 nitrogen and oxygen atoms in total. The molecule has 0 saturated carbocycles. The number of anilines is 2. The van der Waals surface area contributed by atoms with Crippen LogP contribution in [0.5, 0.6) is 0 Å². The average molecular weight is 271 g/mol. The molecule has 0 aromatic carbocycles. The van der Waals surface area contributed by atoms with Crippen LogP contribution < -0.4 is 10.2 Å². The zero-order valence-electron chi connectivity index (χ0n) is 10.8. The van der Waals surface area contributed by atoms with Gasteiger partial charge in [0, 0.05) is 26.7 Å². The molecule has 0 bridgehead atoms. The minimum absolute atomic E-state index is 0.247. The number of hydrogen-bond acceptors (Lipinski definition) is 5. The van der Waals surface area contributed by atoms with Gasteiger partial charge in [-0.1, -0.05) is 18.5 Å². The maximum atomic E-state index is 6.20. The van der Waals surface area contributed by atoms with Gasteiger partial charge in [-0.3, -0.25) is 0 Å². The summed E-state index contributed by atoms with van der Waals surface area (Å²) in [4.78, 5) is 10.7. The van der Waals surface area contributed by atoms with E-state index in [0.29, 0.717) is 11.0 Å². The third-order valence-corrected chi connectivity index (χ3v) is 3.32. The summed E-state index contributed by atoms with van der Waals surface area (Å²) in [5.41, 5.74) is 0. The molecule has 0 aliphatic carbocycles. The molecular weight excluding hydrogens is 252 g/mol. The van der Waals surface area contributed by atoms with E-state index in [9.17, 15) is 0 Å². The highest BCUT2D eigenvalue weighted by Gasteiger charge is 2.20. The number of aromatic nitrogens is 2. The van der Waals surface area contributed by atoms with E-state index < -0.39 is 0 Å². The van der Waals surface area contributed by atoms with Gasteiger partial charge in [-0.25, -0.2) is 4.98 Å². The van der Waals surface area contributed by atoms with Crippen molar-refractivity contribution in [3.8, 4) is 0 Å². The highest BCUT2D eigenvalue weighted by atomic mass is 35.5. The summed E-state index contributed by atoms with van der Waals surface area (Å²) >= 11 is 6.20. The van der Waals surface area contributed by atoms with Crippen LogP contribution in [0.1, 0.15) is 19.8 Å². The predicted molar refractivity (Wildman–Crippen MR) is 73.4 cm³/mol. The molecule has 100 valence electrons. The summed E-state index contributed by atoms with van der Waals surface area (Å²) in [5, 5.41) is 3.52. The van der Waals surface area contributed by atoms with Crippen molar-refractivity contribution in [1.82, 2.24) is 9.97 Å². The van der Waals surface area contributed by atoms with Gasteiger partial charge in [-0.2, -0.15) is 4.98 Å². The summed E-state index contributed by atoms with van der Waals surface area (Å²) in [7, 11) is 1.80. The molecule has 0 spiro atoms. The lowest BCUT2D eigenvalue weighted by atomic mass is 10.2. The van der Waals surface area contributed by atoms with Gasteiger partial charge in [0.05, 0.1) is 12.3 Å². The zero-order valence-corrected chi connectivity index (χ0v) is 11.6. The molecule has 0 radical (unpaired) electrons. The van der Waals surface area contributed by atoms with Gasteiger partial charge < -0.3 is 15.0 Å². The third-order valence-electron chi connectivity index (χ3n) is 3.05. The Balaban J connectivity index is 2.22. The molecule has 1 fully saturated rings. The fraction of sp³-hybridized carbons (Fsp3) is 0.667. The Bertz CT molecular complexity index is 402. The van der Waals surface area contributed by atoms with Crippen LogP contribution in [0.25, 0.3) is 0 Å². The van der Waals surface area contributed by atoms with Crippen LogP contribution in [0.2, 0.25) is 5.02 Å². The normalized spacial score (nSPS) is 20.6. The van der Waals surface area contributed by atoms with E-state index in [4.69, 9.17) is 16.3 Å². The van der Waals surface area contributed by atoms with Crippen LogP contribution in [0.4, 0.5) is 11.8 Å². The summed E-state index contributed by atoms with van der Waals surface area (Å²) in [5.74, 6) is 1.38. The maximum absolute atomic E-state index is 6.20. The van der Waals surface area contributed by atoms with Crippen molar-refractivity contribution in [2.45, 2.75) is 25.9 Å². The van der Waals surface area contributed by atoms with E-state index in [0.717, 1.165) is 38.4 Å². The molecule has 18 heavy (non-hydrogen) atoms. The Morgan fingerprint density at radius 1 is 1.61 bits per heavy atom. The molecule has 2 heterocycles. The minimum Gasteiger partial charge on any atom is -0.376 e. The number of ether oxygens (including phenoxy) is 1. The number of halogens is 1. The van der Waals surface area contributed by atoms with Crippen LogP contribution in [0.15, 0.2) is 6.20 Å². The lowest BCUT2D eigenvalue weighted by Gasteiger charge is -2.25. The van der Waals surface area contributed by atoms with Gasteiger partial charge in [0.2, 0.25) is 5.95 Å². The lowest BCUT2D eigenvalue weighted by Crippen LogP contribution is -2.32. The van der Waals surface area contributed by atoms with Crippen molar-refractivity contribution in [3.05, 3.63) is 11.2 Å². The van der Waals surface area contributed by atoms with Crippen LogP contribution in [0.3, 0.4) is 0 Å². The summed E-state index contributed by atoms with van der Waals surface area (Å²) in [6.07, 6.45) is 3.88. The van der Waals surface area contributed by atoms with Crippen molar-refractivity contribution in [3.63, 3.8) is 0 Å². The summed E-state index contributed by atoms with van der Waals surface area (Å²) < 4.78 is 5.76. The first-order chi connectivity index (χ1) is 8.74. The molecule has 1 aliphatic heterocycles. The Kier molecular flexibility index (Phi) is 4.60. The van der Waals surface area contributed by atoms with Gasteiger partial charge in [0.15, 0.2) is 5.82 Å². The molecule has 0 amide bonds. The number of nitrogens with zero attached hydrogens (tertiary/aromatic N) is 3.